The topological polar surface area (TPSA) is 29.5 Å². The highest BCUT2D eigenvalue weighted by Crippen LogP contribution is 2.22. The number of nitrogens with zero attached hydrogens (tertiary/aromatic N) is 1. The Hall–Kier alpha value is -0.770. The summed E-state index contributed by atoms with van der Waals surface area (Å²) in [5, 5.41) is 2.51. The van der Waals surface area contributed by atoms with Gasteiger partial charge in [0.2, 0.25) is 0 Å². The molecule has 1 aromatic carbocycles. The maximum absolute atomic E-state index is 11.9. The molecule has 1 heterocycles. The van der Waals surface area contributed by atoms with Gasteiger partial charge >= 0.3 is 0 Å². The van der Waals surface area contributed by atoms with Crippen molar-refractivity contribution in [1.82, 2.24) is 5.06 Å². The van der Waals surface area contributed by atoms with Gasteiger partial charge in [-0.1, -0.05) is 29.3 Å². The molecule has 0 radical (unpaired) electrons. The van der Waals surface area contributed by atoms with Gasteiger partial charge in [-0.2, -0.15) is 0 Å². The molecular formula is C12H13Cl2NO2. The maximum atomic E-state index is 11.9. The highest BCUT2D eigenvalue weighted by atomic mass is 35.5. The van der Waals surface area contributed by atoms with Gasteiger partial charge in [-0.05, 0) is 30.5 Å². The van der Waals surface area contributed by atoms with Crippen LogP contribution in [-0.2, 0) is 16.1 Å². The fourth-order valence-electron chi connectivity index (χ4n) is 1.71. The van der Waals surface area contributed by atoms with E-state index in [9.17, 15) is 4.79 Å². The highest BCUT2D eigenvalue weighted by molar-refractivity contribution is 6.35. The van der Waals surface area contributed by atoms with E-state index in [-0.39, 0.29) is 12.3 Å². The van der Waals surface area contributed by atoms with Crippen molar-refractivity contribution in [1.29, 1.82) is 0 Å². The Labute approximate surface area is 110 Å². The summed E-state index contributed by atoms with van der Waals surface area (Å²) in [6.45, 7) is 1.27. The SMILES string of the molecule is O=C(Cc1ccc(Cl)cc1Cl)N1CCCCO1. The number of benzene rings is 1. The number of amides is 1. The zero-order valence-electron chi connectivity index (χ0n) is 9.29. The van der Waals surface area contributed by atoms with Gasteiger partial charge < -0.3 is 0 Å². The summed E-state index contributed by atoms with van der Waals surface area (Å²) in [6, 6.07) is 5.14. The fourth-order valence-corrected chi connectivity index (χ4v) is 2.18. The van der Waals surface area contributed by atoms with Gasteiger partial charge in [-0.3, -0.25) is 9.63 Å². The minimum atomic E-state index is -0.0612. The summed E-state index contributed by atoms with van der Waals surface area (Å²) in [6.07, 6.45) is 2.24. The Morgan fingerprint density at radius 2 is 2.18 bits per heavy atom. The predicted molar refractivity (Wildman–Crippen MR) is 67.1 cm³/mol. The molecule has 1 aromatic rings. The molecular weight excluding hydrogens is 261 g/mol. The number of hydrogen-bond donors (Lipinski definition) is 0. The van der Waals surface area contributed by atoms with Crippen molar-refractivity contribution in [3.63, 3.8) is 0 Å². The average Bonchev–Trinajstić information content (AvgIpc) is 2.34. The largest absolute Gasteiger partial charge is 0.272 e. The van der Waals surface area contributed by atoms with E-state index in [4.69, 9.17) is 28.0 Å². The lowest BCUT2D eigenvalue weighted by atomic mass is 10.1. The highest BCUT2D eigenvalue weighted by Gasteiger charge is 2.18. The van der Waals surface area contributed by atoms with Crippen LogP contribution in [-0.4, -0.2) is 24.1 Å². The van der Waals surface area contributed by atoms with Gasteiger partial charge in [0.1, 0.15) is 0 Å². The average molecular weight is 274 g/mol. The molecule has 0 unspecified atom stereocenters. The van der Waals surface area contributed by atoms with Crippen molar-refractivity contribution in [3.05, 3.63) is 33.8 Å². The minimum Gasteiger partial charge on any atom is -0.272 e. The molecule has 0 saturated carbocycles. The fraction of sp³-hybridized carbons (Fsp3) is 0.417. The molecule has 0 aliphatic carbocycles. The van der Waals surface area contributed by atoms with Crippen molar-refractivity contribution >= 4 is 29.1 Å². The molecule has 0 spiro atoms. The van der Waals surface area contributed by atoms with Crippen LogP contribution >= 0.6 is 23.2 Å². The van der Waals surface area contributed by atoms with Crippen LogP contribution in [0, 0.1) is 0 Å². The molecule has 0 aromatic heterocycles. The first-order valence-corrected chi connectivity index (χ1v) is 6.29. The first-order valence-electron chi connectivity index (χ1n) is 5.54. The molecule has 1 aliphatic heterocycles. The molecule has 0 atom stereocenters. The number of carbonyl (C=O) groups is 1. The van der Waals surface area contributed by atoms with Crippen molar-refractivity contribution in [3.8, 4) is 0 Å². The summed E-state index contributed by atoms with van der Waals surface area (Å²) in [5.74, 6) is -0.0612. The van der Waals surface area contributed by atoms with Gasteiger partial charge in [0.25, 0.3) is 5.91 Å². The number of carbonyl (C=O) groups excluding carboxylic acids is 1. The van der Waals surface area contributed by atoms with Crippen LogP contribution in [0.5, 0.6) is 0 Å². The van der Waals surface area contributed by atoms with Gasteiger partial charge in [-0.15, -0.1) is 0 Å². The molecule has 1 saturated heterocycles. The quantitative estimate of drug-likeness (QED) is 0.829. The number of hydroxylamine groups is 2. The standard InChI is InChI=1S/C12H13Cl2NO2/c13-10-4-3-9(11(14)8-10)7-12(16)15-5-1-2-6-17-15/h3-4,8H,1-2,5-7H2. The summed E-state index contributed by atoms with van der Waals surface area (Å²) in [7, 11) is 0. The second-order valence-electron chi connectivity index (χ2n) is 3.95. The second kappa shape index (κ2) is 5.71. The molecule has 92 valence electrons. The Balaban J connectivity index is 2.02. The summed E-state index contributed by atoms with van der Waals surface area (Å²) in [4.78, 5) is 17.2. The number of hydrogen-bond acceptors (Lipinski definition) is 2. The molecule has 0 bridgehead atoms. The van der Waals surface area contributed by atoms with Gasteiger partial charge in [0.15, 0.2) is 0 Å². The smallest absolute Gasteiger partial charge is 0.250 e. The van der Waals surface area contributed by atoms with E-state index < -0.39 is 0 Å². The second-order valence-corrected chi connectivity index (χ2v) is 4.79. The van der Waals surface area contributed by atoms with Crippen molar-refractivity contribution in [2.75, 3.05) is 13.2 Å². The molecule has 1 amide bonds. The molecule has 3 nitrogen and oxygen atoms in total. The van der Waals surface area contributed by atoms with Crippen LogP contribution in [0.3, 0.4) is 0 Å². The molecule has 1 aliphatic rings. The van der Waals surface area contributed by atoms with Gasteiger partial charge in [0.05, 0.1) is 13.0 Å². The van der Waals surface area contributed by atoms with Gasteiger partial charge in [0, 0.05) is 16.6 Å². The normalized spacial score (nSPS) is 16.0. The third-order valence-corrected chi connectivity index (χ3v) is 3.22. The van der Waals surface area contributed by atoms with Crippen molar-refractivity contribution < 1.29 is 9.63 Å². The third kappa shape index (κ3) is 3.35. The molecule has 1 fully saturated rings. The number of halogens is 2. The zero-order valence-corrected chi connectivity index (χ0v) is 10.8. The number of rotatable bonds is 2. The lowest BCUT2D eigenvalue weighted by Crippen LogP contribution is -2.36. The van der Waals surface area contributed by atoms with Crippen LogP contribution < -0.4 is 0 Å². The lowest BCUT2D eigenvalue weighted by Gasteiger charge is -2.26. The van der Waals surface area contributed by atoms with E-state index in [2.05, 4.69) is 0 Å². The van der Waals surface area contributed by atoms with Crippen LogP contribution in [0.15, 0.2) is 18.2 Å². The Morgan fingerprint density at radius 3 is 2.82 bits per heavy atom. The van der Waals surface area contributed by atoms with Crippen LogP contribution in [0.2, 0.25) is 10.0 Å². The van der Waals surface area contributed by atoms with E-state index in [0.29, 0.717) is 23.2 Å². The Kier molecular flexibility index (Phi) is 4.26. The summed E-state index contributed by atoms with van der Waals surface area (Å²) < 4.78 is 0. The van der Waals surface area contributed by atoms with E-state index in [1.807, 2.05) is 0 Å². The summed E-state index contributed by atoms with van der Waals surface area (Å²) >= 11 is 11.8. The van der Waals surface area contributed by atoms with E-state index >= 15 is 0 Å². The minimum absolute atomic E-state index is 0.0612. The van der Waals surface area contributed by atoms with Crippen LogP contribution in [0.4, 0.5) is 0 Å². The van der Waals surface area contributed by atoms with Crippen molar-refractivity contribution in [2.24, 2.45) is 0 Å². The first kappa shape index (κ1) is 12.7. The Morgan fingerprint density at radius 1 is 1.35 bits per heavy atom. The Bertz CT molecular complexity index is 417. The monoisotopic (exact) mass is 273 g/mol. The van der Waals surface area contributed by atoms with E-state index in [1.165, 1.54) is 5.06 Å². The zero-order chi connectivity index (χ0) is 12.3. The first-order chi connectivity index (χ1) is 8.16. The van der Waals surface area contributed by atoms with Crippen LogP contribution in [0.1, 0.15) is 18.4 Å². The van der Waals surface area contributed by atoms with Gasteiger partial charge in [-0.25, -0.2) is 5.06 Å². The predicted octanol–water partition coefficient (Wildman–Crippen LogP) is 3.09. The molecule has 17 heavy (non-hydrogen) atoms. The van der Waals surface area contributed by atoms with E-state index in [0.717, 1.165) is 18.4 Å². The molecule has 5 heteroatoms. The van der Waals surface area contributed by atoms with E-state index in [1.54, 1.807) is 18.2 Å². The molecule has 0 N–H and O–H groups in total. The van der Waals surface area contributed by atoms with Crippen LogP contribution in [0.25, 0.3) is 0 Å². The molecule has 2 rings (SSSR count). The summed E-state index contributed by atoms with van der Waals surface area (Å²) in [5.41, 5.74) is 0.773. The van der Waals surface area contributed by atoms with Crippen molar-refractivity contribution in [2.45, 2.75) is 19.3 Å². The lowest BCUT2D eigenvalue weighted by molar-refractivity contribution is -0.196. The maximum Gasteiger partial charge on any atom is 0.250 e. The third-order valence-electron chi connectivity index (χ3n) is 2.64.